The van der Waals surface area contributed by atoms with E-state index in [0.29, 0.717) is 18.4 Å². The van der Waals surface area contributed by atoms with Crippen molar-refractivity contribution in [1.29, 1.82) is 0 Å². The molecule has 0 rings (SSSR count). The van der Waals surface area contributed by atoms with E-state index < -0.39 is 0 Å². The molecule has 0 aliphatic rings. The molecule has 0 aromatic rings. The summed E-state index contributed by atoms with van der Waals surface area (Å²) in [6, 6.07) is 0. The molecule has 0 bridgehead atoms. The van der Waals surface area contributed by atoms with Crippen LogP contribution in [0.1, 0.15) is 47.5 Å². The van der Waals surface area contributed by atoms with Gasteiger partial charge in [0, 0.05) is 6.61 Å². The molecule has 0 heterocycles. The van der Waals surface area contributed by atoms with E-state index in [2.05, 4.69) is 34.6 Å². The number of hydrogen-bond donors (Lipinski definition) is 1. The molecule has 80 valence electrons. The summed E-state index contributed by atoms with van der Waals surface area (Å²) in [5, 5.41) is 9.20. The summed E-state index contributed by atoms with van der Waals surface area (Å²) < 4.78 is 0. The van der Waals surface area contributed by atoms with E-state index in [1.807, 2.05) is 0 Å². The molecule has 3 unspecified atom stereocenters. The van der Waals surface area contributed by atoms with Gasteiger partial charge >= 0.3 is 0 Å². The third kappa shape index (κ3) is 4.66. The van der Waals surface area contributed by atoms with Gasteiger partial charge in [-0.25, -0.2) is 0 Å². The Hall–Kier alpha value is -0.0400. The Bertz CT molecular complexity index is 120. The molecule has 3 atom stereocenters. The fraction of sp³-hybridized carbons (Fsp3) is 1.00. The monoisotopic (exact) mass is 186 g/mol. The predicted octanol–water partition coefficient (Wildman–Crippen LogP) is 3.32. The van der Waals surface area contributed by atoms with Crippen molar-refractivity contribution < 1.29 is 5.11 Å². The topological polar surface area (TPSA) is 20.2 Å². The van der Waals surface area contributed by atoms with Gasteiger partial charge in [0.05, 0.1) is 0 Å². The fourth-order valence-electron chi connectivity index (χ4n) is 1.67. The van der Waals surface area contributed by atoms with Crippen LogP contribution in [0.25, 0.3) is 0 Å². The van der Waals surface area contributed by atoms with Crippen LogP contribution in [-0.4, -0.2) is 11.7 Å². The third-order valence-corrected chi connectivity index (χ3v) is 3.47. The van der Waals surface area contributed by atoms with Crippen LogP contribution in [0.15, 0.2) is 0 Å². The van der Waals surface area contributed by atoms with Crippen molar-refractivity contribution >= 4 is 0 Å². The fourth-order valence-corrected chi connectivity index (χ4v) is 1.67. The number of rotatable bonds is 6. The molecule has 0 aliphatic heterocycles. The second-order valence-electron chi connectivity index (χ2n) is 4.79. The van der Waals surface area contributed by atoms with E-state index in [1.165, 1.54) is 12.8 Å². The Morgan fingerprint density at radius 3 is 1.85 bits per heavy atom. The van der Waals surface area contributed by atoms with Gasteiger partial charge in [-0.2, -0.15) is 0 Å². The van der Waals surface area contributed by atoms with Gasteiger partial charge in [-0.05, 0) is 30.1 Å². The smallest absolute Gasteiger partial charge is 0.0461 e. The minimum absolute atomic E-state index is 0.346. The molecule has 0 amide bonds. The number of hydrogen-bond acceptors (Lipinski definition) is 1. The Kier molecular flexibility index (Phi) is 6.40. The van der Waals surface area contributed by atoms with Crippen molar-refractivity contribution in [3.05, 3.63) is 0 Å². The lowest BCUT2D eigenvalue weighted by molar-refractivity contribution is 0.152. The molecule has 0 spiro atoms. The van der Waals surface area contributed by atoms with Gasteiger partial charge in [-0.15, -0.1) is 0 Å². The second-order valence-corrected chi connectivity index (χ2v) is 4.79. The van der Waals surface area contributed by atoms with Gasteiger partial charge in [-0.3, -0.25) is 0 Å². The first-order chi connectivity index (χ1) is 6.02. The van der Waals surface area contributed by atoms with Crippen LogP contribution < -0.4 is 0 Å². The average Bonchev–Trinajstić information content (AvgIpc) is 2.11. The van der Waals surface area contributed by atoms with Crippen LogP contribution in [0.5, 0.6) is 0 Å². The van der Waals surface area contributed by atoms with Gasteiger partial charge in [0.15, 0.2) is 0 Å². The molecule has 0 fully saturated rings. The highest BCUT2D eigenvalue weighted by molar-refractivity contribution is 4.68. The Labute approximate surface area is 83.5 Å². The zero-order valence-corrected chi connectivity index (χ0v) is 9.88. The lowest BCUT2D eigenvalue weighted by Gasteiger charge is -2.25. The van der Waals surface area contributed by atoms with E-state index in [-0.39, 0.29) is 0 Å². The number of aliphatic hydroxyl groups is 1. The first kappa shape index (κ1) is 13.0. The van der Waals surface area contributed by atoms with E-state index >= 15 is 0 Å². The maximum Gasteiger partial charge on any atom is 0.0461 e. The molecule has 1 heteroatoms. The first-order valence-electron chi connectivity index (χ1n) is 5.63. The second kappa shape index (κ2) is 6.42. The quantitative estimate of drug-likeness (QED) is 0.674. The van der Waals surface area contributed by atoms with Crippen LogP contribution in [-0.2, 0) is 0 Å². The molecule has 0 saturated carbocycles. The van der Waals surface area contributed by atoms with Crippen LogP contribution in [0, 0.1) is 23.7 Å². The van der Waals surface area contributed by atoms with Crippen molar-refractivity contribution in [2.75, 3.05) is 6.61 Å². The highest BCUT2D eigenvalue weighted by Gasteiger charge is 2.18. The third-order valence-electron chi connectivity index (χ3n) is 3.47. The van der Waals surface area contributed by atoms with Crippen LogP contribution >= 0.6 is 0 Å². The lowest BCUT2D eigenvalue weighted by atomic mass is 9.81. The van der Waals surface area contributed by atoms with E-state index in [0.717, 1.165) is 11.8 Å². The van der Waals surface area contributed by atoms with E-state index in [1.54, 1.807) is 0 Å². The highest BCUT2D eigenvalue weighted by Crippen LogP contribution is 2.26. The zero-order chi connectivity index (χ0) is 10.4. The molecule has 1 nitrogen and oxygen atoms in total. The van der Waals surface area contributed by atoms with Crippen molar-refractivity contribution in [2.45, 2.75) is 47.5 Å². The number of aliphatic hydroxyl groups excluding tert-OH is 1. The summed E-state index contributed by atoms with van der Waals surface area (Å²) in [7, 11) is 0. The van der Waals surface area contributed by atoms with Gasteiger partial charge in [0.2, 0.25) is 0 Å². The van der Waals surface area contributed by atoms with Crippen LogP contribution in [0.2, 0.25) is 0 Å². The Morgan fingerprint density at radius 1 is 1.00 bits per heavy atom. The zero-order valence-electron chi connectivity index (χ0n) is 9.88. The minimum atomic E-state index is 0.346. The lowest BCUT2D eigenvalue weighted by Crippen LogP contribution is -2.19. The maximum atomic E-state index is 9.20. The van der Waals surface area contributed by atoms with Crippen LogP contribution in [0.3, 0.4) is 0 Å². The molecule has 0 aromatic heterocycles. The first-order valence-corrected chi connectivity index (χ1v) is 5.63. The maximum absolute atomic E-state index is 9.20. The average molecular weight is 186 g/mol. The summed E-state index contributed by atoms with van der Waals surface area (Å²) in [5.74, 6) is 2.62. The molecule has 13 heavy (non-hydrogen) atoms. The Morgan fingerprint density at radius 2 is 1.54 bits per heavy atom. The molecule has 0 radical (unpaired) electrons. The molecule has 0 aliphatic carbocycles. The highest BCUT2D eigenvalue weighted by atomic mass is 16.3. The van der Waals surface area contributed by atoms with Gasteiger partial charge in [0.25, 0.3) is 0 Å². The normalized spacial score (nSPS) is 18.7. The molecule has 1 N–H and O–H groups in total. The van der Waals surface area contributed by atoms with E-state index in [9.17, 15) is 5.11 Å². The summed E-state index contributed by atoms with van der Waals surface area (Å²) in [6.07, 6.45) is 2.42. The largest absolute Gasteiger partial charge is 0.396 e. The van der Waals surface area contributed by atoms with Crippen molar-refractivity contribution in [3.63, 3.8) is 0 Å². The minimum Gasteiger partial charge on any atom is -0.396 e. The van der Waals surface area contributed by atoms with Gasteiger partial charge < -0.3 is 5.11 Å². The summed E-state index contributed by atoms with van der Waals surface area (Å²) in [5.41, 5.74) is 0. The molecular weight excluding hydrogens is 160 g/mol. The Balaban J connectivity index is 3.93. The summed E-state index contributed by atoms with van der Waals surface area (Å²) >= 11 is 0. The van der Waals surface area contributed by atoms with Gasteiger partial charge in [0.1, 0.15) is 0 Å². The molecular formula is C12H26O. The predicted molar refractivity (Wildman–Crippen MR) is 58.6 cm³/mol. The SMILES string of the molecule is CCC(C)C(C)CC(CO)C(C)C. The summed E-state index contributed by atoms with van der Waals surface area (Å²) in [6.45, 7) is 11.6. The molecule has 0 aromatic carbocycles. The molecule has 0 saturated heterocycles. The van der Waals surface area contributed by atoms with Crippen molar-refractivity contribution in [2.24, 2.45) is 23.7 Å². The van der Waals surface area contributed by atoms with Gasteiger partial charge in [-0.1, -0.05) is 41.0 Å². The summed E-state index contributed by atoms with van der Waals surface area (Å²) in [4.78, 5) is 0. The van der Waals surface area contributed by atoms with Crippen molar-refractivity contribution in [1.82, 2.24) is 0 Å². The van der Waals surface area contributed by atoms with Crippen LogP contribution in [0.4, 0.5) is 0 Å². The van der Waals surface area contributed by atoms with E-state index in [4.69, 9.17) is 0 Å². The standard InChI is InChI=1S/C12H26O/c1-6-10(4)11(5)7-12(8-13)9(2)3/h9-13H,6-8H2,1-5H3. The van der Waals surface area contributed by atoms with Crippen molar-refractivity contribution in [3.8, 4) is 0 Å².